The van der Waals surface area contributed by atoms with Crippen molar-refractivity contribution in [1.29, 1.82) is 0 Å². The van der Waals surface area contributed by atoms with Crippen LogP contribution in [0.3, 0.4) is 0 Å². The number of hydrogen-bond donors (Lipinski definition) is 2. The van der Waals surface area contributed by atoms with Crippen LogP contribution in [0, 0.1) is 5.92 Å². The lowest BCUT2D eigenvalue weighted by molar-refractivity contribution is -0.131. The largest absolute Gasteiger partial charge is 0.356 e. The second-order valence-electron chi connectivity index (χ2n) is 8.19. The van der Waals surface area contributed by atoms with Crippen molar-refractivity contribution in [3.05, 3.63) is 18.5 Å². The summed E-state index contributed by atoms with van der Waals surface area (Å²) in [6, 6.07) is 1.81. The van der Waals surface area contributed by atoms with Crippen molar-refractivity contribution in [3.63, 3.8) is 0 Å². The van der Waals surface area contributed by atoms with Crippen LogP contribution in [-0.4, -0.2) is 73.1 Å². The molecule has 0 radical (unpaired) electrons. The van der Waals surface area contributed by atoms with Crippen molar-refractivity contribution in [3.8, 4) is 0 Å². The molecule has 0 aromatic carbocycles. The van der Waals surface area contributed by atoms with E-state index in [4.69, 9.17) is 0 Å². The van der Waals surface area contributed by atoms with Gasteiger partial charge in [-0.3, -0.25) is 9.79 Å². The molecule has 1 saturated heterocycles. The number of guanidine groups is 1. The highest BCUT2D eigenvalue weighted by Crippen LogP contribution is 2.10. The summed E-state index contributed by atoms with van der Waals surface area (Å²) >= 11 is 0. The van der Waals surface area contributed by atoms with E-state index in [1.165, 1.54) is 25.7 Å². The first-order chi connectivity index (χ1) is 14.6. The van der Waals surface area contributed by atoms with E-state index in [0.717, 1.165) is 43.9 Å². The molecule has 8 nitrogen and oxygen atoms in total. The molecule has 1 fully saturated rings. The van der Waals surface area contributed by atoms with E-state index in [9.17, 15) is 4.79 Å². The minimum absolute atomic E-state index is 0.178. The average Bonchev–Trinajstić information content (AvgIpc) is 2.77. The zero-order valence-corrected chi connectivity index (χ0v) is 18.9. The number of piperazine rings is 1. The fourth-order valence-electron chi connectivity index (χ4n) is 3.51. The van der Waals surface area contributed by atoms with Crippen molar-refractivity contribution < 1.29 is 4.79 Å². The molecule has 168 valence electrons. The molecule has 0 unspecified atom stereocenters. The van der Waals surface area contributed by atoms with Crippen LogP contribution in [0.2, 0.25) is 0 Å². The SMILES string of the molecule is CN=C(NCCCCCCC(C)C)NCCC(=O)N1CCN(c2ncccn2)CC1. The third kappa shape index (κ3) is 8.97. The maximum atomic E-state index is 12.5. The van der Waals surface area contributed by atoms with Crippen molar-refractivity contribution in [2.24, 2.45) is 10.9 Å². The van der Waals surface area contributed by atoms with E-state index in [-0.39, 0.29) is 5.91 Å². The van der Waals surface area contributed by atoms with E-state index >= 15 is 0 Å². The normalized spacial score (nSPS) is 14.9. The molecule has 1 amide bonds. The Morgan fingerprint density at radius 2 is 1.70 bits per heavy atom. The number of nitrogens with zero attached hydrogens (tertiary/aromatic N) is 5. The first-order valence-corrected chi connectivity index (χ1v) is 11.3. The Morgan fingerprint density at radius 3 is 2.37 bits per heavy atom. The summed E-state index contributed by atoms with van der Waals surface area (Å²) in [5, 5.41) is 6.59. The fourth-order valence-corrected chi connectivity index (χ4v) is 3.51. The standard InChI is InChI=1S/C22H39N7O/c1-19(2)9-6-4-5-7-11-24-21(23-3)25-14-10-20(30)28-15-17-29(18-16-28)22-26-12-8-13-27-22/h8,12-13,19H,4-7,9-11,14-18H2,1-3H3,(H2,23,24,25). The number of rotatable bonds is 11. The Hall–Kier alpha value is -2.38. The highest BCUT2D eigenvalue weighted by atomic mass is 16.2. The maximum absolute atomic E-state index is 12.5. The van der Waals surface area contributed by atoms with Crippen molar-refractivity contribution in [2.45, 2.75) is 52.4 Å². The van der Waals surface area contributed by atoms with E-state index < -0.39 is 0 Å². The van der Waals surface area contributed by atoms with Gasteiger partial charge in [0.1, 0.15) is 0 Å². The number of carbonyl (C=O) groups excluding carboxylic acids is 1. The summed E-state index contributed by atoms with van der Waals surface area (Å²) in [4.78, 5) is 29.4. The molecule has 2 rings (SSSR count). The van der Waals surface area contributed by atoms with Gasteiger partial charge in [0, 0.05) is 65.1 Å². The molecule has 0 atom stereocenters. The Kier molecular flexibility index (Phi) is 11.0. The number of aliphatic imine (C=N–C) groups is 1. The molecular weight excluding hydrogens is 378 g/mol. The molecule has 0 aliphatic carbocycles. The third-order valence-electron chi connectivity index (χ3n) is 5.32. The zero-order valence-electron chi connectivity index (χ0n) is 18.9. The summed E-state index contributed by atoms with van der Waals surface area (Å²) in [5.74, 6) is 2.49. The monoisotopic (exact) mass is 417 g/mol. The number of amides is 1. The quantitative estimate of drug-likeness (QED) is 0.326. The number of unbranched alkanes of at least 4 members (excludes halogenated alkanes) is 3. The van der Waals surface area contributed by atoms with Gasteiger partial charge in [-0.15, -0.1) is 0 Å². The predicted octanol–water partition coefficient (Wildman–Crippen LogP) is 2.29. The molecule has 2 N–H and O–H groups in total. The van der Waals surface area contributed by atoms with Gasteiger partial charge in [0.2, 0.25) is 11.9 Å². The molecule has 8 heteroatoms. The average molecular weight is 418 g/mol. The molecule has 30 heavy (non-hydrogen) atoms. The third-order valence-corrected chi connectivity index (χ3v) is 5.32. The molecule has 1 aromatic heterocycles. The topological polar surface area (TPSA) is 85.8 Å². The van der Waals surface area contributed by atoms with Gasteiger partial charge in [-0.1, -0.05) is 39.5 Å². The van der Waals surface area contributed by atoms with Crippen LogP contribution in [0.1, 0.15) is 52.4 Å². The first kappa shape index (κ1) is 23.9. The van der Waals surface area contributed by atoms with Gasteiger partial charge in [0.05, 0.1) is 0 Å². The number of hydrogen-bond acceptors (Lipinski definition) is 5. The Balaban J connectivity index is 1.55. The number of nitrogens with one attached hydrogen (secondary N) is 2. The highest BCUT2D eigenvalue weighted by Gasteiger charge is 2.22. The van der Waals surface area contributed by atoms with Crippen LogP contribution in [-0.2, 0) is 4.79 Å². The smallest absolute Gasteiger partial charge is 0.225 e. The van der Waals surface area contributed by atoms with Crippen molar-refractivity contribution >= 4 is 17.8 Å². The van der Waals surface area contributed by atoms with E-state index in [1.807, 2.05) is 11.0 Å². The Bertz CT molecular complexity index is 628. The van der Waals surface area contributed by atoms with E-state index in [0.29, 0.717) is 26.1 Å². The first-order valence-electron chi connectivity index (χ1n) is 11.3. The molecule has 1 aliphatic heterocycles. The summed E-state index contributed by atoms with van der Waals surface area (Å²) in [6.45, 7) is 9.02. The van der Waals surface area contributed by atoms with Crippen LogP contribution in [0.4, 0.5) is 5.95 Å². The van der Waals surface area contributed by atoms with Gasteiger partial charge in [-0.25, -0.2) is 9.97 Å². The maximum Gasteiger partial charge on any atom is 0.225 e. The van der Waals surface area contributed by atoms with Crippen LogP contribution in [0.15, 0.2) is 23.5 Å². The van der Waals surface area contributed by atoms with Crippen LogP contribution in [0.5, 0.6) is 0 Å². The Morgan fingerprint density at radius 1 is 1.03 bits per heavy atom. The van der Waals surface area contributed by atoms with Gasteiger partial charge < -0.3 is 20.4 Å². The minimum Gasteiger partial charge on any atom is -0.356 e. The van der Waals surface area contributed by atoms with Crippen LogP contribution >= 0.6 is 0 Å². The predicted molar refractivity (Wildman–Crippen MR) is 123 cm³/mol. The lowest BCUT2D eigenvalue weighted by Gasteiger charge is -2.34. The van der Waals surface area contributed by atoms with Crippen LogP contribution in [0.25, 0.3) is 0 Å². The van der Waals surface area contributed by atoms with Crippen molar-refractivity contribution in [2.75, 3.05) is 51.2 Å². The van der Waals surface area contributed by atoms with E-state index in [2.05, 4.69) is 44.3 Å². The van der Waals surface area contributed by atoms with E-state index in [1.54, 1.807) is 19.4 Å². The Labute approximate surface area is 181 Å². The summed E-state index contributed by atoms with van der Waals surface area (Å²) < 4.78 is 0. The fraction of sp³-hybridized carbons (Fsp3) is 0.727. The molecule has 0 spiro atoms. The molecule has 0 bridgehead atoms. The molecular formula is C22H39N7O. The van der Waals surface area contributed by atoms with Gasteiger partial charge in [0.25, 0.3) is 0 Å². The molecule has 1 aliphatic rings. The molecule has 1 aromatic rings. The second kappa shape index (κ2) is 13.8. The number of anilines is 1. The lowest BCUT2D eigenvalue weighted by Crippen LogP contribution is -2.50. The zero-order chi connectivity index (χ0) is 21.6. The number of carbonyl (C=O) groups is 1. The summed E-state index contributed by atoms with van der Waals surface area (Å²) in [5.41, 5.74) is 0. The van der Waals surface area contributed by atoms with Gasteiger partial charge in [-0.2, -0.15) is 0 Å². The summed E-state index contributed by atoms with van der Waals surface area (Å²) in [6.07, 6.45) is 10.3. The summed E-state index contributed by atoms with van der Waals surface area (Å²) in [7, 11) is 1.77. The highest BCUT2D eigenvalue weighted by molar-refractivity contribution is 5.81. The van der Waals surface area contributed by atoms with Crippen LogP contribution < -0.4 is 15.5 Å². The van der Waals surface area contributed by atoms with Gasteiger partial charge >= 0.3 is 0 Å². The minimum atomic E-state index is 0.178. The van der Waals surface area contributed by atoms with Gasteiger partial charge in [0.15, 0.2) is 5.96 Å². The lowest BCUT2D eigenvalue weighted by atomic mass is 10.0. The van der Waals surface area contributed by atoms with Crippen molar-refractivity contribution in [1.82, 2.24) is 25.5 Å². The second-order valence-corrected chi connectivity index (χ2v) is 8.19. The number of aromatic nitrogens is 2. The van der Waals surface area contributed by atoms with Gasteiger partial charge in [-0.05, 0) is 18.4 Å². The molecule has 0 saturated carbocycles. The molecule has 2 heterocycles.